The van der Waals surface area contributed by atoms with E-state index >= 15 is 0 Å². The fourth-order valence-corrected chi connectivity index (χ4v) is 3.17. The van der Waals surface area contributed by atoms with Crippen molar-refractivity contribution in [3.8, 4) is 0 Å². The Kier molecular flexibility index (Phi) is 3.82. The van der Waals surface area contributed by atoms with Gasteiger partial charge in [0.15, 0.2) is 0 Å². The molecule has 0 saturated carbocycles. The molecule has 2 N–H and O–H groups in total. The van der Waals surface area contributed by atoms with E-state index in [-0.39, 0.29) is 17.1 Å². The van der Waals surface area contributed by atoms with Gasteiger partial charge < -0.3 is 10.3 Å². The summed E-state index contributed by atoms with van der Waals surface area (Å²) in [5, 5.41) is 0. The molecule has 5 nitrogen and oxygen atoms in total. The van der Waals surface area contributed by atoms with Crippen LogP contribution >= 0.6 is 0 Å². The van der Waals surface area contributed by atoms with Gasteiger partial charge in [-0.05, 0) is 24.3 Å². The molecule has 20 heavy (non-hydrogen) atoms. The average molecular weight is 297 g/mol. The first-order valence-corrected chi connectivity index (χ1v) is 7.40. The number of sulfonamides is 1. The number of hydrogen-bond donors (Lipinski definition) is 1. The lowest BCUT2D eigenvalue weighted by Gasteiger charge is -2.18. The molecule has 1 aromatic heterocycles. The lowest BCUT2D eigenvalue weighted by Crippen LogP contribution is -2.26. The van der Waals surface area contributed by atoms with Crippen LogP contribution in [0.1, 0.15) is 5.69 Å². The van der Waals surface area contributed by atoms with Gasteiger partial charge in [-0.3, -0.25) is 4.31 Å². The molecule has 0 aliphatic carbocycles. The SMILES string of the molecule is CN(c1cccc(F)c1)S(=O)(=O)c1cc(CN)n(C)c1. The minimum Gasteiger partial charge on any atom is -0.352 e. The Bertz CT molecular complexity index is 725. The molecule has 0 radical (unpaired) electrons. The predicted octanol–water partition coefficient (Wildman–Crippen LogP) is 1.45. The molecule has 1 aromatic carbocycles. The van der Waals surface area contributed by atoms with E-state index in [4.69, 9.17) is 5.73 Å². The van der Waals surface area contributed by atoms with Gasteiger partial charge in [0.1, 0.15) is 10.7 Å². The molecule has 0 spiro atoms. The van der Waals surface area contributed by atoms with Crippen molar-refractivity contribution in [1.82, 2.24) is 4.57 Å². The van der Waals surface area contributed by atoms with E-state index in [2.05, 4.69) is 0 Å². The van der Waals surface area contributed by atoms with Gasteiger partial charge in [-0.2, -0.15) is 0 Å². The summed E-state index contributed by atoms with van der Waals surface area (Å²) in [7, 11) is -0.617. The topological polar surface area (TPSA) is 68.3 Å². The zero-order chi connectivity index (χ0) is 14.9. The Balaban J connectivity index is 2.43. The minimum absolute atomic E-state index is 0.132. The molecule has 0 aliphatic heterocycles. The van der Waals surface area contributed by atoms with E-state index in [1.54, 1.807) is 11.6 Å². The molecule has 1 heterocycles. The molecule has 7 heteroatoms. The third-order valence-electron chi connectivity index (χ3n) is 3.12. The molecule has 2 rings (SSSR count). The second kappa shape index (κ2) is 5.26. The van der Waals surface area contributed by atoms with Gasteiger partial charge in [-0.15, -0.1) is 0 Å². The van der Waals surface area contributed by atoms with Gasteiger partial charge in [0.2, 0.25) is 0 Å². The Morgan fingerprint density at radius 2 is 2.05 bits per heavy atom. The number of aromatic nitrogens is 1. The Hall–Kier alpha value is -1.86. The number of hydrogen-bond acceptors (Lipinski definition) is 3. The van der Waals surface area contributed by atoms with Crippen molar-refractivity contribution < 1.29 is 12.8 Å². The third kappa shape index (κ3) is 2.54. The maximum Gasteiger partial charge on any atom is 0.265 e. The highest BCUT2D eigenvalue weighted by Gasteiger charge is 2.23. The van der Waals surface area contributed by atoms with Crippen LogP contribution in [0.4, 0.5) is 10.1 Å². The van der Waals surface area contributed by atoms with Crippen LogP contribution in [0.15, 0.2) is 41.4 Å². The van der Waals surface area contributed by atoms with Crippen LogP contribution in [-0.4, -0.2) is 20.0 Å². The van der Waals surface area contributed by atoms with E-state index in [0.717, 1.165) is 4.31 Å². The number of benzene rings is 1. The lowest BCUT2D eigenvalue weighted by molar-refractivity contribution is 0.594. The number of aryl methyl sites for hydroxylation is 1. The van der Waals surface area contributed by atoms with Crippen LogP contribution in [0.2, 0.25) is 0 Å². The van der Waals surface area contributed by atoms with Gasteiger partial charge >= 0.3 is 0 Å². The van der Waals surface area contributed by atoms with E-state index in [9.17, 15) is 12.8 Å². The molecule has 0 bridgehead atoms. The molecule has 0 atom stereocenters. The zero-order valence-corrected chi connectivity index (χ0v) is 12.1. The average Bonchev–Trinajstić information content (AvgIpc) is 2.79. The van der Waals surface area contributed by atoms with Crippen molar-refractivity contribution in [3.63, 3.8) is 0 Å². The van der Waals surface area contributed by atoms with Gasteiger partial charge in [0.05, 0.1) is 5.69 Å². The molecule has 0 amide bonds. The van der Waals surface area contributed by atoms with Crippen LogP contribution < -0.4 is 10.0 Å². The standard InChI is InChI=1S/C13H16FN3O2S/c1-16-9-13(7-12(16)8-15)20(18,19)17(2)11-5-3-4-10(14)6-11/h3-7,9H,8,15H2,1-2H3. The first-order chi connectivity index (χ1) is 9.36. The van der Waals surface area contributed by atoms with Gasteiger partial charge in [0, 0.05) is 32.5 Å². The van der Waals surface area contributed by atoms with Crippen molar-refractivity contribution >= 4 is 15.7 Å². The number of nitrogens with two attached hydrogens (primary N) is 1. The van der Waals surface area contributed by atoms with E-state index in [1.165, 1.54) is 43.6 Å². The fraction of sp³-hybridized carbons (Fsp3) is 0.231. The molecular weight excluding hydrogens is 281 g/mol. The molecular formula is C13H16FN3O2S. The predicted molar refractivity (Wildman–Crippen MR) is 75.3 cm³/mol. The second-order valence-corrected chi connectivity index (χ2v) is 6.40. The minimum atomic E-state index is -3.73. The van der Waals surface area contributed by atoms with Crippen LogP contribution in [0.5, 0.6) is 0 Å². The van der Waals surface area contributed by atoms with Crippen LogP contribution in [0, 0.1) is 5.82 Å². The summed E-state index contributed by atoms with van der Waals surface area (Å²) in [5.74, 6) is -0.486. The number of halogens is 1. The highest BCUT2D eigenvalue weighted by molar-refractivity contribution is 7.92. The van der Waals surface area contributed by atoms with E-state index in [1.807, 2.05) is 0 Å². The molecule has 108 valence electrons. The summed E-state index contributed by atoms with van der Waals surface area (Å²) >= 11 is 0. The zero-order valence-electron chi connectivity index (χ0n) is 11.2. The number of rotatable bonds is 4. The Morgan fingerprint density at radius 3 is 2.60 bits per heavy atom. The van der Waals surface area contributed by atoms with Crippen molar-refractivity contribution in [2.24, 2.45) is 12.8 Å². The van der Waals surface area contributed by atoms with Crippen molar-refractivity contribution in [3.05, 3.63) is 48.0 Å². The summed E-state index contributed by atoms with van der Waals surface area (Å²) in [5.41, 5.74) is 6.51. The van der Waals surface area contributed by atoms with Gasteiger partial charge in [-0.1, -0.05) is 6.07 Å². The molecule has 0 saturated heterocycles. The largest absolute Gasteiger partial charge is 0.352 e. The van der Waals surface area contributed by atoms with Gasteiger partial charge in [0.25, 0.3) is 10.0 Å². The highest BCUT2D eigenvalue weighted by Crippen LogP contribution is 2.23. The van der Waals surface area contributed by atoms with Crippen LogP contribution in [0.3, 0.4) is 0 Å². The van der Waals surface area contributed by atoms with E-state index in [0.29, 0.717) is 5.69 Å². The van der Waals surface area contributed by atoms with Crippen LogP contribution in [0.25, 0.3) is 0 Å². The maximum absolute atomic E-state index is 13.2. The monoisotopic (exact) mass is 297 g/mol. The summed E-state index contributed by atoms with van der Waals surface area (Å²) in [6.07, 6.45) is 1.49. The summed E-state index contributed by atoms with van der Waals surface area (Å²) in [4.78, 5) is 0.132. The van der Waals surface area contributed by atoms with Gasteiger partial charge in [-0.25, -0.2) is 12.8 Å². The highest BCUT2D eigenvalue weighted by atomic mass is 32.2. The number of nitrogens with zero attached hydrogens (tertiary/aromatic N) is 2. The summed E-state index contributed by atoms with van der Waals surface area (Å²) in [6.45, 7) is 0.246. The first kappa shape index (κ1) is 14.5. The lowest BCUT2D eigenvalue weighted by atomic mass is 10.3. The summed E-state index contributed by atoms with van der Waals surface area (Å²) in [6, 6.07) is 6.95. The molecule has 0 fully saturated rings. The third-order valence-corrected chi connectivity index (χ3v) is 4.87. The normalized spacial score (nSPS) is 11.6. The maximum atomic E-state index is 13.2. The molecule has 0 aliphatic rings. The molecule has 2 aromatic rings. The van der Waals surface area contributed by atoms with Crippen molar-refractivity contribution in [2.45, 2.75) is 11.4 Å². The number of anilines is 1. The summed E-state index contributed by atoms with van der Waals surface area (Å²) < 4.78 is 40.9. The van der Waals surface area contributed by atoms with Crippen molar-refractivity contribution in [1.29, 1.82) is 0 Å². The Labute approximate surface area is 117 Å². The first-order valence-electron chi connectivity index (χ1n) is 5.96. The second-order valence-electron chi connectivity index (χ2n) is 4.43. The smallest absolute Gasteiger partial charge is 0.265 e. The fourth-order valence-electron chi connectivity index (χ4n) is 1.89. The molecule has 0 unspecified atom stereocenters. The van der Waals surface area contributed by atoms with Crippen LogP contribution in [-0.2, 0) is 23.6 Å². The van der Waals surface area contributed by atoms with Crippen molar-refractivity contribution in [2.75, 3.05) is 11.4 Å². The van der Waals surface area contributed by atoms with E-state index < -0.39 is 15.8 Å². The Morgan fingerprint density at radius 1 is 1.35 bits per heavy atom. The quantitative estimate of drug-likeness (QED) is 0.928.